The fraction of sp³-hybridized carbons (Fsp3) is 0.154. The second-order valence-corrected chi connectivity index (χ2v) is 11.2. The van der Waals surface area contributed by atoms with Gasteiger partial charge in [-0.15, -0.1) is 0 Å². The molecule has 0 bridgehead atoms. The summed E-state index contributed by atoms with van der Waals surface area (Å²) in [6, 6.07) is 18.5. The van der Waals surface area contributed by atoms with Gasteiger partial charge in [-0.05, 0) is 88.6 Å². The summed E-state index contributed by atoms with van der Waals surface area (Å²) in [5.74, 6) is -0.225. The monoisotopic (exact) mass is 587 g/mol. The van der Waals surface area contributed by atoms with Crippen LogP contribution in [0, 0.1) is 6.92 Å². The Hall–Kier alpha value is -3.08. The lowest BCUT2D eigenvalue weighted by Gasteiger charge is -2.15. The normalized spacial score (nSPS) is 15.0. The van der Waals surface area contributed by atoms with Crippen molar-refractivity contribution in [1.29, 1.82) is 0 Å². The van der Waals surface area contributed by atoms with Crippen molar-refractivity contribution in [1.82, 2.24) is 4.90 Å². The van der Waals surface area contributed by atoms with Crippen molar-refractivity contribution in [3.63, 3.8) is 0 Å². The maximum Gasteiger partial charge on any atom is 0.339 e. The highest BCUT2D eigenvalue weighted by molar-refractivity contribution is 9.10. The first kappa shape index (κ1) is 26.0. The molecule has 7 nitrogen and oxygen atoms in total. The van der Waals surface area contributed by atoms with Gasteiger partial charge in [-0.1, -0.05) is 42.5 Å². The maximum atomic E-state index is 13.0. The Morgan fingerprint density at radius 2 is 1.72 bits per heavy atom. The predicted octanol–water partition coefficient (Wildman–Crippen LogP) is 6.16. The number of carbonyl (C=O) groups excluding carboxylic acids is 2. The summed E-state index contributed by atoms with van der Waals surface area (Å²) in [5, 5.41) is -0.354. The van der Waals surface area contributed by atoms with E-state index in [2.05, 4.69) is 15.9 Å². The number of rotatable bonds is 8. The highest BCUT2D eigenvalue weighted by Crippen LogP contribution is 2.41. The van der Waals surface area contributed by atoms with Crippen LogP contribution in [0.2, 0.25) is 0 Å². The molecule has 0 spiro atoms. The quantitative estimate of drug-likeness (QED) is 0.230. The fourth-order valence-electron chi connectivity index (χ4n) is 3.51. The summed E-state index contributed by atoms with van der Waals surface area (Å²) in [6.45, 7) is 4.13. The molecule has 0 atom stereocenters. The molecular formula is C26H22BrNO6S2. The molecule has 1 aliphatic rings. The Labute approximate surface area is 222 Å². The van der Waals surface area contributed by atoms with Crippen LogP contribution in [-0.2, 0) is 21.5 Å². The van der Waals surface area contributed by atoms with Crippen LogP contribution in [0.3, 0.4) is 0 Å². The number of benzene rings is 3. The van der Waals surface area contributed by atoms with Crippen LogP contribution >= 0.6 is 27.7 Å². The molecule has 1 heterocycles. The van der Waals surface area contributed by atoms with E-state index < -0.39 is 16.0 Å². The zero-order chi connectivity index (χ0) is 25.9. The molecule has 3 aromatic carbocycles. The number of thioether (sulfide) groups is 1. The first-order valence-corrected chi connectivity index (χ1v) is 14.0. The molecule has 0 unspecified atom stereocenters. The summed E-state index contributed by atoms with van der Waals surface area (Å²) in [7, 11) is -4.10. The van der Waals surface area contributed by atoms with Gasteiger partial charge in [-0.25, -0.2) is 0 Å². The molecule has 1 saturated heterocycles. The van der Waals surface area contributed by atoms with Crippen molar-refractivity contribution in [3.8, 4) is 11.5 Å². The van der Waals surface area contributed by atoms with Crippen LogP contribution in [0.5, 0.6) is 11.5 Å². The zero-order valence-corrected chi connectivity index (χ0v) is 22.7. The SMILES string of the molecule is CCOc1cc(/C=C2\SC(=O)N(Cc3ccccc3C)C2=O)cc(Br)c1OS(=O)(=O)c1ccccc1. The number of nitrogens with zero attached hydrogens (tertiary/aromatic N) is 1. The molecule has 36 heavy (non-hydrogen) atoms. The summed E-state index contributed by atoms with van der Waals surface area (Å²) in [6.07, 6.45) is 1.57. The highest BCUT2D eigenvalue weighted by atomic mass is 79.9. The Morgan fingerprint density at radius 1 is 1.03 bits per heavy atom. The second-order valence-electron chi connectivity index (χ2n) is 7.81. The van der Waals surface area contributed by atoms with Crippen LogP contribution in [0.1, 0.15) is 23.6 Å². The third kappa shape index (κ3) is 5.66. The predicted molar refractivity (Wildman–Crippen MR) is 142 cm³/mol. The molecule has 186 valence electrons. The average molecular weight is 589 g/mol. The van der Waals surface area contributed by atoms with E-state index in [1.807, 2.05) is 31.2 Å². The number of aryl methyl sites for hydroxylation is 1. The largest absolute Gasteiger partial charge is 0.490 e. The van der Waals surface area contributed by atoms with Crippen LogP contribution in [0.4, 0.5) is 4.79 Å². The number of amides is 2. The summed E-state index contributed by atoms with van der Waals surface area (Å²) >= 11 is 4.22. The number of imide groups is 1. The fourth-order valence-corrected chi connectivity index (χ4v) is 5.97. The van der Waals surface area contributed by atoms with E-state index in [-0.39, 0.29) is 39.7 Å². The molecule has 0 aromatic heterocycles. The average Bonchev–Trinajstić information content (AvgIpc) is 3.10. The molecule has 0 N–H and O–H groups in total. The molecule has 4 rings (SSSR count). The number of hydrogen-bond donors (Lipinski definition) is 0. The van der Waals surface area contributed by atoms with Crippen LogP contribution < -0.4 is 8.92 Å². The molecule has 2 amide bonds. The number of ether oxygens (including phenoxy) is 1. The standard InChI is InChI=1S/C26H22BrNO6S2/c1-3-33-22-14-18(13-21(27)24(22)34-36(31,32)20-11-5-4-6-12-20)15-23-25(29)28(26(30)35-23)16-19-10-8-7-9-17(19)2/h4-15H,3,16H2,1-2H3/b23-15-. The van der Waals surface area contributed by atoms with Gasteiger partial charge in [0.05, 0.1) is 22.5 Å². The molecule has 10 heteroatoms. The topological polar surface area (TPSA) is 90.0 Å². The molecular weight excluding hydrogens is 566 g/mol. The smallest absolute Gasteiger partial charge is 0.339 e. The van der Waals surface area contributed by atoms with Crippen molar-refractivity contribution in [3.05, 3.63) is 92.8 Å². The minimum Gasteiger partial charge on any atom is -0.490 e. The lowest BCUT2D eigenvalue weighted by molar-refractivity contribution is -0.123. The van der Waals surface area contributed by atoms with E-state index in [9.17, 15) is 18.0 Å². The Bertz CT molecular complexity index is 1450. The van der Waals surface area contributed by atoms with Crippen molar-refractivity contribution < 1.29 is 26.9 Å². The summed E-state index contributed by atoms with van der Waals surface area (Å²) in [5.41, 5.74) is 2.42. The van der Waals surface area contributed by atoms with Crippen LogP contribution in [0.25, 0.3) is 6.08 Å². The van der Waals surface area contributed by atoms with Gasteiger partial charge in [0.2, 0.25) is 0 Å². The van der Waals surface area contributed by atoms with Gasteiger partial charge < -0.3 is 8.92 Å². The lowest BCUT2D eigenvalue weighted by atomic mass is 10.1. The Kier molecular flexibility index (Phi) is 7.87. The van der Waals surface area contributed by atoms with Gasteiger partial charge in [0.25, 0.3) is 11.1 Å². The van der Waals surface area contributed by atoms with Crippen molar-refractivity contribution >= 4 is 55.0 Å². The van der Waals surface area contributed by atoms with Gasteiger partial charge in [0.15, 0.2) is 11.5 Å². The van der Waals surface area contributed by atoms with Gasteiger partial charge in [0.1, 0.15) is 4.90 Å². The van der Waals surface area contributed by atoms with E-state index >= 15 is 0 Å². The third-order valence-electron chi connectivity index (χ3n) is 5.32. The number of carbonyl (C=O) groups is 2. The van der Waals surface area contributed by atoms with Gasteiger partial charge in [-0.3, -0.25) is 14.5 Å². The Morgan fingerprint density at radius 3 is 2.42 bits per heavy atom. The minimum atomic E-state index is -4.10. The third-order valence-corrected chi connectivity index (χ3v) is 8.05. The molecule has 3 aromatic rings. The number of hydrogen-bond acceptors (Lipinski definition) is 7. The summed E-state index contributed by atoms with van der Waals surface area (Å²) in [4.78, 5) is 27.1. The minimum absolute atomic E-state index is 0.00533. The maximum absolute atomic E-state index is 13.0. The van der Waals surface area contributed by atoms with Gasteiger partial charge in [0, 0.05) is 0 Å². The second kappa shape index (κ2) is 10.9. The van der Waals surface area contributed by atoms with E-state index in [0.717, 1.165) is 22.9 Å². The van der Waals surface area contributed by atoms with E-state index in [1.54, 1.807) is 43.3 Å². The van der Waals surface area contributed by atoms with Crippen molar-refractivity contribution in [2.45, 2.75) is 25.3 Å². The molecule has 0 aliphatic carbocycles. The lowest BCUT2D eigenvalue weighted by Crippen LogP contribution is -2.27. The van der Waals surface area contributed by atoms with Crippen LogP contribution in [0.15, 0.2) is 81.0 Å². The van der Waals surface area contributed by atoms with Gasteiger partial charge in [-0.2, -0.15) is 8.42 Å². The van der Waals surface area contributed by atoms with Crippen molar-refractivity contribution in [2.24, 2.45) is 0 Å². The molecule has 0 radical (unpaired) electrons. The number of halogens is 1. The van der Waals surface area contributed by atoms with Gasteiger partial charge >= 0.3 is 10.1 Å². The van der Waals surface area contributed by atoms with E-state index in [0.29, 0.717) is 10.0 Å². The van der Waals surface area contributed by atoms with E-state index in [1.165, 1.54) is 17.0 Å². The molecule has 1 aliphatic heterocycles. The Balaban J connectivity index is 1.63. The summed E-state index contributed by atoms with van der Waals surface area (Å²) < 4.78 is 36.9. The van der Waals surface area contributed by atoms with E-state index in [4.69, 9.17) is 8.92 Å². The zero-order valence-electron chi connectivity index (χ0n) is 19.4. The molecule has 1 fully saturated rings. The first-order valence-electron chi connectivity index (χ1n) is 11.0. The molecule has 0 saturated carbocycles. The highest BCUT2D eigenvalue weighted by Gasteiger charge is 2.35. The first-order chi connectivity index (χ1) is 17.2. The van der Waals surface area contributed by atoms with Crippen LogP contribution in [-0.4, -0.2) is 31.1 Å². The van der Waals surface area contributed by atoms with Crippen molar-refractivity contribution in [2.75, 3.05) is 6.61 Å².